The predicted octanol–water partition coefficient (Wildman–Crippen LogP) is 3.59. The smallest absolute Gasteiger partial charge is 0.231 e. The summed E-state index contributed by atoms with van der Waals surface area (Å²) in [5.74, 6) is 2.60. The highest BCUT2D eigenvalue weighted by atomic mass is 32.2. The molecular formula is C17H17N3O3S. The molecule has 6 nitrogen and oxygen atoms in total. The van der Waals surface area contributed by atoms with Gasteiger partial charge in [-0.05, 0) is 36.6 Å². The molecule has 1 N–H and O–H groups in total. The van der Waals surface area contributed by atoms with E-state index in [1.54, 1.807) is 18.9 Å². The first kappa shape index (κ1) is 16.3. The van der Waals surface area contributed by atoms with E-state index in [9.17, 15) is 4.79 Å². The number of hydrogen-bond acceptors (Lipinski definition) is 6. The lowest BCUT2D eigenvalue weighted by molar-refractivity contribution is -0.115. The molecule has 124 valence electrons. The molecule has 0 radical (unpaired) electrons. The first-order valence-corrected chi connectivity index (χ1v) is 8.78. The van der Waals surface area contributed by atoms with Gasteiger partial charge in [0.1, 0.15) is 23.7 Å². The summed E-state index contributed by atoms with van der Waals surface area (Å²) in [4.78, 5) is 20.2. The molecule has 1 aromatic carbocycles. The summed E-state index contributed by atoms with van der Waals surface area (Å²) in [5, 5.41) is 3.50. The summed E-state index contributed by atoms with van der Waals surface area (Å²) in [6.45, 7) is 0. The molecule has 0 unspecified atom stereocenters. The molecule has 7 heteroatoms. The van der Waals surface area contributed by atoms with Crippen LogP contribution in [0.25, 0.3) is 22.4 Å². The van der Waals surface area contributed by atoms with Crippen LogP contribution >= 0.6 is 11.8 Å². The second-order valence-corrected chi connectivity index (χ2v) is 6.06. The number of hydrogen-bond donors (Lipinski definition) is 1. The van der Waals surface area contributed by atoms with E-state index in [1.165, 1.54) is 6.33 Å². The van der Waals surface area contributed by atoms with Crippen molar-refractivity contribution in [2.45, 2.75) is 6.42 Å². The van der Waals surface area contributed by atoms with E-state index in [-0.39, 0.29) is 5.91 Å². The fourth-order valence-electron chi connectivity index (χ4n) is 2.24. The predicted molar refractivity (Wildman–Crippen MR) is 95.4 cm³/mol. The number of nitrogens with one attached hydrogen (secondary N) is 1. The van der Waals surface area contributed by atoms with E-state index in [2.05, 4.69) is 15.3 Å². The Bertz CT molecular complexity index is 846. The molecule has 0 aliphatic heterocycles. The minimum absolute atomic E-state index is 0.0726. The zero-order valence-corrected chi connectivity index (χ0v) is 14.2. The third-order valence-electron chi connectivity index (χ3n) is 3.50. The van der Waals surface area contributed by atoms with Gasteiger partial charge in [-0.1, -0.05) is 0 Å². The molecule has 0 atom stereocenters. The number of thioether (sulfide) groups is 1. The van der Waals surface area contributed by atoms with E-state index in [4.69, 9.17) is 9.15 Å². The summed E-state index contributed by atoms with van der Waals surface area (Å²) in [6, 6.07) is 9.36. The Morgan fingerprint density at radius 3 is 2.79 bits per heavy atom. The summed E-state index contributed by atoms with van der Waals surface area (Å²) in [6.07, 6.45) is 3.79. The van der Waals surface area contributed by atoms with Gasteiger partial charge >= 0.3 is 0 Å². The van der Waals surface area contributed by atoms with Crippen LogP contribution in [0.15, 0.2) is 41.1 Å². The minimum atomic E-state index is -0.0726. The van der Waals surface area contributed by atoms with Crippen LogP contribution in [0.2, 0.25) is 0 Å². The third kappa shape index (κ3) is 3.51. The zero-order chi connectivity index (χ0) is 16.9. The maximum absolute atomic E-state index is 11.9. The Morgan fingerprint density at radius 2 is 2.08 bits per heavy atom. The van der Waals surface area contributed by atoms with Crippen molar-refractivity contribution in [2.24, 2.45) is 0 Å². The van der Waals surface area contributed by atoms with Gasteiger partial charge in [0.2, 0.25) is 11.6 Å². The van der Waals surface area contributed by atoms with Crippen molar-refractivity contribution in [3.63, 3.8) is 0 Å². The fourth-order valence-corrected chi connectivity index (χ4v) is 2.63. The molecule has 2 aromatic heterocycles. The van der Waals surface area contributed by atoms with Gasteiger partial charge in [-0.15, -0.1) is 0 Å². The molecule has 0 fully saturated rings. The lowest BCUT2D eigenvalue weighted by Gasteiger charge is -2.03. The van der Waals surface area contributed by atoms with Crippen LogP contribution in [-0.4, -0.2) is 35.0 Å². The van der Waals surface area contributed by atoms with Gasteiger partial charge in [0.25, 0.3) is 0 Å². The van der Waals surface area contributed by atoms with E-state index < -0.39 is 0 Å². The van der Waals surface area contributed by atoms with Gasteiger partial charge in [0.05, 0.1) is 12.5 Å². The molecule has 0 spiro atoms. The van der Waals surface area contributed by atoms with Gasteiger partial charge in [-0.2, -0.15) is 11.8 Å². The number of ether oxygens (including phenoxy) is 1. The monoisotopic (exact) mass is 343 g/mol. The van der Waals surface area contributed by atoms with Crippen LogP contribution in [0.1, 0.15) is 6.42 Å². The first-order valence-electron chi connectivity index (χ1n) is 7.39. The van der Waals surface area contributed by atoms with Gasteiger partial charge in [-0.25, -0.2) is 9.97 Å². The number of furan rings is 1. The summed E-state index contributed by atoms with van der Waals surface area (Å²) in [5.41, 5.74) is 1.34. The van der Waals surface area contributed by atoms with E-state index in [1.807, 2.05) is 36.6 Å². The summed E-state index contributed by atoms with van der Waals surface area (Å²) < 4.78 is 10.9. The Labute approximate surface area is 143 Å². The van der Waals surface area contributed by atoms with Crippen molar-refractivity contribution in [2.75, 3.05) is 24.4 Å². The maximum Gasteiger partial charge on any atom is 0.231 e. The molecule has 1 amide bonds. The Morgan fingerprint density at radius 1 is 1.29 bits per heavy atom. The quantitative estimate of drug-likeness (QED) is 0.737. The van der Waals surface area contributed by atoms with E-state index >= 15 is 0 Å². The molecule has 0 saturated carbocycles. The van der Waals surface area contributed by atoms with Crippen molar-refractivity contribution in [1.82, 2.24) is 9.97 Å². The minimum Gasteiger partial charge on any atom is -0.497 e. The zero-order valence-electron chi connectivity index (χ0n) is 13.4. The largest absolute Gasteiger partial charge is 0.497 e. The Hall–Kier alpha value is -2.54. The molecule has 24 heavy (non-hydrogen) atoms. The Kier molecular flexibility index (Phi) is 5.00. The molecule has 3 rings (SSSR count). The highest BCUT2D eigenvalue weighted by Crippen LogP contribution is 2.30. The highest BCUT2D eigenvalue weighted by Gasteiger charge is 2.13. The van der Waals surface area contributed by atoms with Crippen molar-refractivity contribution in [3.8, 4) is 17.1 Å². The number of fused-ring (bicyclic) bond motifs is 1. The second kappa shape index (κ2) is 7.35. The number of methoxy groups -OCH3 is 1. The summed E-state index contributed by atoms with van der Waals surface area (Å²) >= 11 is 1.63. The van der Waals surface area contributed by atoms with Crippen LogP contribution in [0.4, 0.5) is 5.82 Å². The van der Waals surface area contributed by atoms with E-state index in [0.717, 1.165) is 17.1 Å². The van der Waals surface area contributed by atoms with Crippen LogP contribution in [0, 0.1) is 0 Å². The molecule has 0 aliphatic carbocycles. The van der Waals surface area contributed by atoms with Crippen LogP contribution in [0.5, 0.6) is 5.75 Å². The lowest BCUT2D eigenvalue weighted by atomic mass is 10.1. The number of carbonyl (C=O) groups excluding carboxylic acids is 1. The van der Waals surface area contributed by atoms with Gasteiger partial charge in [-0.3, -0.25) is 4.79 Å². The number of aromatic nitrogens is 2. The average molecular weight is 343 g/mol. The van der Waals surface area contributed by atoms with E-state index in [0.29, 0.717) is 29.1 Å². The Balaban J connectivity index is 1.90. The van der Waals surface area contributed by atoms with Crippen molar-refractivity contribution < 1.29 is 13.9 Å². The van der Waals surface area contributed by atoms with Gasteiger partial charge in [0, 0.05) is 17.7 Å². The first-order chi connectivity index (χ1) is 11.7. The topological polar surface area (TPSA) is 77.2 Å². The molecule has 0 bridgehead atoms. The number of nitrogens with zero attached hydrogens (tertiary/aromatic N) is 2. The van der Waals surface area contributed by atoms with Crippen molar-refractivity contribution in [1.29, 1.82) is 0 Å². The van der Waals surface area contributed by atoms with Gasteiger partial charge < -0.3 is 14.5 Å². The molecular weight excluding hydrogens is 326 g/mol. The number of rotatable bonds is 6. The third-order valence-corrected chi connectivity index (χ3v) is 4.11. The maximum atomic E-state index is 11.9. The standard InChI is InChI=1S/C17H17N3O3S/c1-22-12-5-3-11(4-6-12)14-9-13-16(18-10-19-17(13)23-14)20-15(21)7-8-24-2/h3-6,9-10H,7-8H2,1-2H3,(H,18,19,20,21). The SMILES string of the molecule is COc1ccc(-c2cc3c(NC(=O)CCSC)ncnc3o2)cc1. The number of amides is 1. The molecule has 2 heterocycles. The van der Waals surface area contributed by atoms with Gasteiger partial charge in [0.15, 0.2) is 0 Å². The van der Waals surface area contributed by atoms with Crippen molar-refractivity contribution >= 4 is 34.6 Å². The van der Waals surface area contributed by atoms with Crippen molar-refractivity contribution in [3.05, 3.63) is 36.7 Å². The highest BCUT2D eigenvalue weighted by molar-refractivity contribution is 7.98. The van der Waals surface area contributed by atoms with Crippen LogP contribution < -0.4 is 10.1 Å². The van der Waals surface area contributed by atoms with Crippen LogP contribution in [0.3, 0.4) is 0 Å². The second-order valence-electron chi connectivity index (χ2n) is 5.07. The fraction of sp³-hybridized carbons (Fsp3) is 0.235. The number of anilines is 1. The summed E-state index contributed by atoms with van der Waals surface area (Å²) in [7, 11) is 1.62. The number of carbonyl (C=O) groups is 1. The van der Waals surface area contributed by atoms with Crippen LogP contribution in [-0.2, 0) is 4.79 Å². The molecule has 3 aromatic rings. The normalized spacial score (nSPS) is 10.8. The molecule has 0 aliphatic rings. The average Bonchev–Trinajstić information content (AvgIpc) is 3.05. The lowest BCUT2D eigenvalue weighted by Crippen LogP contribution is -2.13. The molecule has 0 saturated heterocycles. The number of benzene rings is 1.